The molecule has 432 valence electrons. The van der Waals surface area contributed by atoms with Crippen molar-refractivity contribution in [1.82, 2.24) is 54.0 Å². The molecule has 83 heavy (non-hydrogen) atoms. The number of nitrogens with two attached hydrogens (primary N) is 2. The lowest BCUT2D eigenvalue weighted by Gasteiger charge is -2.30. The van der Waals surface area contributed by atoms with Crippen molar-refractivity contribution in [2.75, 3.05) is 62.6 Å². The van der Waals surface area contributed by atoms with Crippen molar-refractivity contribution >= 4 is 78.8 Å². The minimum Gasteiger partial charge on any atom is -0.491 e. The Morgan fingerprint density at radius 2 is 1.35 bits per heavy atom. The van der Waals surface area contributed by atoms with Crippen molar-refractivity contribution in [3.63, 3.8) is 0 Å². The van der Waals surface area contributed by atoms with E-state index in [1.807, 2.05) is 65.0 Å². The van der Waals surface area contributed by atoms with E-state index in [1.165, 1.54) is 28.1 Å². The number of fused-ring (bicyclic) bond motifs is 9. The lowest BCUT2D eigenvalue weighted by atomic mass is 9.95. The van der Waals surface area contributed by atoms with E-state index in [0.717, 1.165) is 45.8 Å². The molecule has 4 aliphatic heterocycles. The van der Waals surface area contributed by atoms with E-state index in [1.54, 1.807) is 24.3 Å². The maximum absolute atomic E-state index is 17.0. The molecule has 3 saturated heterocycles. The van der Waals surface area contributed by atoms with Crippen LogP contribution >= 0.6 is 25.7 Å². The highest BCUT2D eigenvalue weighted by molar-refractivity contribution is 8.54. The van der Waals surface area contributed by atoms with Crippen molar-refractivity contribution in [3.8, 4) is 28.3 Å². The summed E-state index contributed by atoms with van der Waals surface area (Å²) in [6.45, 7) is -1.82. The van der Waals surface area contributed by atoms with Gasteiger partial charge in [-0.3, -0.25) is 27.5 Å². The van der Waals surface area contributed by atoms with Gasteiger partial charge >= 0.3 is 6.80 Å². The van der Waals surface area contributed by atoms with Gasteiger partial charge in [0.2, 0.25) is 13.5 Å². The number of hydrogen-bond donors (Lipinski definition) is 2. The minimum atomic E-state index is -4.70. The molecule has 3 aromatic carbocycles. The number of carbonyl (C=O) groups excluding carboxylic acids is 1. The molecule has 12 rings (SSSR count). The first kappa shape index (κ1) is 56.7. The first-order valence-corrected chi connectivity index (χ1v) is 31.0. The average molecular weight is 1200 g/mol. The fourth-order valence-corrected chi connectivity index (χ4v) is 14.6. The quantitative estimate of drug-likeness (QED) is 0.0575. The monoisotopic (exact) mass is 1200 g/mol. The Bertz CT molecular complexity index is 3760. The van der Waals surface area contributed by atoms with Crippen molar-refractivity contribution < 1.29 is 64.5 Å². The third-order valence-corrected chi connectivity index (χ3v) is 18.9. The molecule has 9 heterocycles. The molecule has 0 spiro atoms. The summed E-state index contributed by atoms with van der Waals surface area (Å²) in [4.78, 5) is 39.6. The van der Waals surface area contributed by atoms with E-state index in [2.05, 4.69) is 40.2 Å². The highest BCUT2D eigenvalue weighted by Crippen LogP contribution is 2.65. The van der Waals surface area contributed by atoms with Gasteiger partial charge in [0.25, 0.3) is 7.47 Å². The van der Waals surface area contributed by atoms with Crippen LogP contribution in [0.3, 0.4) is 0 Å². The lowest BCUT2D eigenvalue weighted by Crippen LogP contribution is -2.37. The molecular weight excluding hydrogens is 1140 g/mol. The summed E-state index contributed by atoms with van der Waals surface area (Å²) in [5.41, 5.74) is 18.3. The van der Waals surface area contributed by atoms with Gasteiger partial charge in [-0.15, -0.1) is 5.10 Å². The normalized spacial score (nSPS) is 26.2. The van der Waals surface area contributed by atoms with Crippen LogP contribution in [0.2, 0.25) is 0 Å². The Morgan fingerprint density at radius 1 is 0.747 bits per heavy atom. The second-order valence-corrected chi connectivity index (χ2v) is 25.0. The highest BCUT2D eigenvalue weighted by Gasteiger charge is 2.55. The summed E-state index contributed by atoms with van der Waals surface area (Å²) in [5, 5.41) is 9.13. The van der Waals surface area contributed by atoms with E-state index in [4.69, 9.17) is 60.8 Å². The van der Waals surface area contributed by atoms with Gasteiger partial charge in [-0.1, -0.05) is 66.7 Å². The van der Waals surface area contributed by atoms with Crippen LogP contribution in [-0.2, 0) is 69.8 Å². The summed E-state index contributed by atoms with van der Waals surface area (Å²) < 4.78 is 120. The van der Waals surface area contributed by atoms with Gasteiger partial charge in [0.05, 0.1) is 76.8 Å². The molecule has 4 N–H and O–H groups in total. The molecule has 8 aromatic rings. The molecule has 10 atom stereocenters. The molecule has 0 saturated carbocycles. The fourth-order valence-electron chi connectivity index (χ4n) is 10.2. The van der Waals surface area contributed by atoms with Crippen LogP contribution in [0.25, 0.3) is 44.8 Å². The Labute approximate surface area is 477 Å². The van der Waals surface area contributed by atoms with Crippen LogP contribution < -0.4 is 21.1 Å². The smallest absolute Gasteiger partial charge is 0.389 e. The zero-order valence-electron chi connectivity index (χ0n) is 44.2. The number of imidazole rings is 2. The number of benzene rings is 3. The van der Waals surface area contributed by atoms with Gasteiger partial charge in [-0.25, -0.2) is 47.9 Å². The van der Waals surface area contributed by atoms with Crippen molar-refractivity contribution in [1.29, 1.82) is 0 Å². The summed E-state index contributed by atoms with van der Waals surface area (Å²) in [5.74, 6) is 0.588. The molecule has 1 amide bonds. The van der Waals surface area contributed by atoms with Gasteiger partial charge < -0.3 is 49.1 Å². The molecule has 5 aromatic heterocycles. The zero-order valence-corrected chi connectivity index (χ0v) is 46.8. The topological polar surface area (TPSA) is 307 Å². The number of nitrogens with zero attached hydrogens (tertiary/aromatic N) is 12. The molecule has 4 aliphatic rings. The van der Waals surface area contributed by atoms with E-state index in [9.17, 15) is 9.36 Å². The number of halogens is 2. The Balaban J connectivity index is 0.671. The van der Waals surface area contributed by atoms with Gasteiger partial charge in [0.15, 0.2) is 47.7 Å². The van der Waals surface area contributed by atoms with Crippen LogP contribution in [0.4, 0.5) is 26.1 Å². The van der Waals surface area contributed by atoms with Crippen LogP contribution in [0.1, 0.15) is 36.9 Å². The number of nitrogen functional groups attached to an aromatic ring is 2. The number of carbonyl (C=O) groups is 1. The zero-order chi connectivity index (χ0) is 57.4. The number of aromatic nitrogens is 11. The fraction of sp³-hybridized carbons (Fsp3) is 0.392. The summed E-state index contributed by atoms with van der Waals surface area (Å²) in [7, 11) is 1.35. The summed E-state index contributed by atoms with van der Waals surface area (Å²) in [6.07, 6.45) is -8.48. The molecule has 32 heteroatoms. The van der Waals surface area contributed by atoms with Gasteiger partial charge in [0.1, 0.15) is 66.2 Å². The van der Waals surface area contributed by atoms with Crippen molar-refractivity contribution in [3.05, 3.63) is 109 Å². The van der Waals surface area contributed by atoms with Crippen LogP contribution in [-0.4, -0.2) is 151 Å². The summed E-state index contributed by atoms with van der Waals surface area (Å²) in [6, 6.07) is 22.6. The number of amides is 1. The third-order valence-electron chi connectivity index (χ3n) is 14.2. The predicted molar refractivity (Wildman–Crippen MR) is 297 cm³/mol. The standard InChI is InChI=1S/C51H53BF2N14O12P2S/c1-2-37(69)65-21-30-7-3-4-8-32(30)43-40(33-9-5-6-10-34(33)65)63-64-68(43)15-16-72-17-18-73-19-20-74-31-13-11-29(12-14-31)24-83-82(71)76-23-36-44(38(53)50(78-36)66-27-61-41-46(55)57-25-59-48(41)66)79-81(52,70)75-22-35-45(80-82)39(54)51(77-35)67-28-62-42-47(56)58-26-60-49(42)67/h3-14,25-28,35-36,38-39,44-45,50-51H,2,15-24H2,1H3,(H2,55,57,59)(H2,56,58,60)/t35-,36-,38-,39-,44-,45-,50-,51-,81+,82+/m1/s1. The van der Waals surface area contributed by atoms with Crippen LogP contribution in [0, 0.1) is 0 Å². The van der Waals surface area contributed by atoms with Gasteiger partial charge in [0, 0.05) is 23.3 Å². The second-order valence-electron chi connectivity index (χ2n) is 19.4. The number of ether oxygens (including phenoxy) is 5. The van der Waals surface area contributed by atoms with E-state index in [0.29, 0.717) is 56.3 Å². The Morgan fingerprint density at radius 3 is 2.02 bits per heavy atom. The maximum Gasteiger partial charge on any atom is 0.389 e. The third kappa shape index (κ3) is 11.6. The lowest BCUT2D eigenvalue weighted by molar-refractivity contribution is -0.118. The largest absolute Gasteiger partial charge is 0.491 e. The van der Waals surface area contributed by atoms with Gasteiger partial charge in [-0.2, -0.15) is 0 Å². The molecule has 26 nitrogen and oxygen atoms in total. The molecule has 2 radical (unpaired) electrons. The SMILES string of the molecule is [B][P@]1(=O)OC[C@H]2O[C@@H](n3cnc4c(N)ncnc43)[C@H](F)[C@@H]2O[P@@](=O)(SCc2ccc(OCCOCCOCCn3nnc4c3-c3ccccc3CN(C(=O)CC)c3ccccc3-4)cc2)OC[C@H]2O[C@@H](n3cnc4c(N)ncnc43)[C@H](F)[C@@H]2O1. The molecule has 0 bridgehead atoms. The van der Waals surface area contributed by atoms with Crippen LogP contribution in [0.15, 0.2) is 98.1 Å². The number of para-hydroxylation sites is 1. The number of anilines is 3. The Kier molecular flexibility index (Phi) is 16.4. The van der Waals surface area contributed by atoms with Crippen molar-refractivity contribution in [2.45, 2.75) is 81.4 Å². The van der Waals surface area contributed by atoms with E-state index in [-0.39, 0.29) is 58.8 Å². The highest BCUT2D eigenvalue weighted by atomic mass is 32.7. The number of alkyl halides is 2. The predicted octanol–water partition coefficient (Wildman–Crippen LogP) is 6.73. The van der Waals surface area contributed by atoms with E-state index < -0.39 is 76.7 Å². The number of rotatable bonds is 16. The first-order chi connectivity index (χ1) is 40.3. The molecular formula is C51H53BF2N14O12P2S. The molecule has 3 fully saturated rings. The van der Waals surface area contributed by atoms with Crippen molar-refractivity contribution in [2.24, 2.45) is 0 Å². The Hall–Kier alpha value is -6.82. The second kappa shape index (κ2) is 24.0. The maximum atomic E-state index is 17.0. The number of hydrogen-bond acceptors (Lipinski definition) is 23. The minimum absolute atomic E-state index is 0.00129. The van der Waals surface area contributed by atoms with E-state index >= 15 is 13.3 Å². The van der Waals surface area contributed by atoms with Gasteiger partial charge in [-0.05, 0) is 40.7 Å². The average Bonchev–Trinajstić information content (AvgIpc) is 4.36. The first-order valence-electron chi connectivity index (χ1n) is 26.3. The van der Waals surface area contributed by atoms with Crippen LogP contribution in [0.5, 0.6) is 5.75 Å². The summed E-state index contributed by atoms with van der Waals surface area (Å²) >= 11 is 0.720. The molecule has 0 aliphatic carbocycles. The molecule has 0 unspecified atom stereocenters.